The molecule has 26 heavy (non-hydrogen) atoms. The van der Waals surface area contributed by atoms with E-state index >= 15 is 0 Å². The van der Waals surface area contributed by atoms with Gasteiger partial charge in [0.1, 0.15) is 0 Å². The number of carbonyl (C=O) groups excluding carboxylic acids is 1. The van der Waals surface area contributed by atoms with E-state index in [2.05, 4.69) is 13.5 Å². The average Bonchev–Trinajstić information content (AvgIpc) is 3.47. The molecule has 1 saturated carbocycles. The van der Waals surface area contributed by atoms with E-state index < -0.39 is 10.8 Å². The Hall–Kier alpha value is -1.13. The molecule has 0 radical (unpaired) electrons. The van der Waals surface area contributed by atoms with Crippen molar-refractivity contribution in [1.29, 1.82) is 0 Å². The summed E-state index contributed by atoms with van der Waals surface area (Å²) >= 11 is 6.05. The maximum Gasteiger partial charge on any atom is 0.226 e. The number of likely N-dealkylation sites (tertiary alicyclic amines) is 1. The molecule has 142 valence electrons. The fourth-order valence-electron chi connectivity index (χ4n) is 3.90. The van der Waals surface area contributed by atoms with Crippen molar-refractivity contribution in [2.45, 2.75) is 62.8 Å². The molecule has 0 aromatic heterocycles. The maximum atomic E-state index is 13.3. The van der Waals surface area contributed by atoms with Crippen LogP contribution in [-0.4, -0.2) is 32.1 Å². The van der Waals surface area contributed by atoms with Crippen LogP contribution in [0.2, 0.25) is 5.02 Å². The fraction of sp³-hybridized carbons (Fsp3) is 0.571. The lowest BCUT2D eigenvalue weighted by Gasteiger charge is -2.44. The Balaban J connectivity index is 1.87. The Labute approximate surface area is 164 Å². The topological polar surface area (TPSA) is 37.4 Å². The van der Waals surface area contributed by atoms with Crippen molar-refractivity contribution >= 4 is 28.3 Å². The highest BCUT2D eigenvalue weighted by molar-refractivity contribution is 7.86. The van der Waals surface area contributed by atoms with E-state index in [1.807, 2.05) is 35.2 Å². The molecule has 1 amide bonds. The summed E-state index contributed by atoms with van der Waals surface area (Å²) in [5, 5.41) is 1.05. The molecule has 1 aromatic carbocycles. The summed E-state index contributed by atoms with van der Waals surface area (Å²) in [6, 6.07) is 7.88. The van der Waals surface area contributed by atoms with Gasteiger partial charge in [-0.15, -0.1) is 6.58 Å². The number of halogens is 1. The number of rotatable bonds is 8. The van der Waals surface area contributed by atoms with Gasteiger partial charge in [0.2, 0.25) is 5.91 Å². The predicted molar refractivity (Wildman–Crippen MR) is 109 cm³/mol. The number of benzene rings is 1. The summed E-state index contributed by atoms with van der Waals surface area (Å²) < 4.78 is 12.6. The third-order valence-corrected chi connectivity index (χ3v) is 7.73. The Morgan fingerprint density at radius 3 is 2.54 bits per heavy atom. The molecule has 5 heteroatoms. The number of hydrogen-bond donors (Lipinski definition) is 0. The molecule has 1 aliphatic heterocycles. The quantitative estimate of drug-likeness (QED) is 0.590. The molecule has 2 aliphatic rings. The minimum absolute atomic E-state index is 0.000499. The van der Waals surface area contributed by atoms with Gasteiger partial charge in [-0.1, -0.05) is 36.7 Å². The van der Waals surface area contributed by atoms with Crippen molar-refractivity contribution in [2.24, 2.45) is 5.92 Å². The summed E-state index contributed by atoms with van der Waals surface area (Å²) in [6.07, 6.45) is 7.31. The van der Waals surface area contributed by atoms with Crippen molar-refractivity contribution in [2.75, 3.05) is 5.75 Å². The van der Waals surface area contributed by atoms with Crippen LogP contribution in [-0.2, 0) is 15.6 Å². The molecule has 1 heterocycles. The third-order valence-electron chi connectivity index (χ3n) is 5.55. The van der Waals surface area contributed by atoms with Crippen molar-refractivity contribution in [3.05, 3.63) is 47.5 Å². The van der Waals surface area contributed by atoms with Crippen LogP contribution < -0.4 is 0 Å². The number of carbonyl (C=O) groups is 1. The Morgan fingerprint density at radius 2 is 1.96 bits per heavy atom. The molecule has 1 aromatic rings. The molecule has 1 saturated heterocycles. The van der Waals surface area contributed by atoms with E-state index in [0.29, 0.717) is 22.4 Å². The molecule has 0 bridgehead atoms. The molecule has 0 N–H and O–H groups in total. The van der Waals surface area contributed by atoms with Crippen LogP contribution in [0, 0.1) is 5.92 Å². The van der Waals surface area contributed by atoms with E-state index in [-0.39, 0.29) is 23.9 Å². The zero-order chi connectivity index (χ0) is 18.7. The molecule has 3 unspecified atom stereocenters. The van der Waals surface area contributed by atoms with Gasteiger partial charge in [-0.2, -0.15) is 0 Å². The van der Waals surface area contributed by atoms with Gasteiger partial charge in [-0.25, -0.2) is 0 Å². The van der Waals surface area contributed by atoms with Crippen LogP contribution in [0.1, 0.15) is 57.1 Å². The van der Waals surface area contributed by atoms with Gasteiger partial charge in [0, 0.05) is 38.8 Å². The summed E-state index contributed by atoms with van der Waals surface area (Å²) in [5.74, 6) is 0.785. The summed E-state index contributed by atoms with van der Waals surface area (Å²) in [5.41, 5.74) is 1.12. The highest BCUT2D eigenvalue weighted by atomic mass is 35.5. The van der Waals surface area contributed by atoms with Crippen LogP contribution in [0.5, 0.6) is 0 Å². The third kappa shape index (κ3) is 4.40. The first-order chi connectivity index (χ1) is 12.5. The van der Waals surface area contributed by atoms with Gasteiger partial charge >= 0.3 is 0 Å². The van der Waals surface area contributed by atoms with Gasteiger partial charge in [0.05, 0.1) is 6.04 Å². The Bertz CT molecular complexity index is 671. The van der Waals surface area contributed by atoms with Gasteiger partial charge in [0.15, 0.2) is 0 Å². The zero-order valence-electron chi connectivity index (χ0n) is 15.4. The first kappa shape index (κ1) is 19.6. The van der Waals surface area contributed by atoms with Gasteiger partial charge < -0.3 is 4.90 Å². The molecular formula is C21H28ClNO2S. The number of piperidine rings is 1. The molecule has 0 spiro atoms. The number of nitrogens with zero attached hydrogens (tertiary/aromatic N) is 1. The fourth-order valence-corrected chi connectivity index (χ4v) is 5.74. The molecular weight excluding hydrogens is 366 g/mol. The van der Waals surface area contributed by atoms with Crippen molar-refractivity contribution < 1.29 is 9.00 Å². The predicted octanol–water partition coefficient (Wildman–Crippen LogP) is 4.89. The molecule has 3 nitrogen and oxygen atoms in total. The van der Waals surface area contributed by atoms with Gasteiger partial charge in [-0.05, 0) is 56.2 Å². The maximum absolute atomic E-state index is 13.3. The smallest absolute Gasteiger partial charge is 0.226 e. The summed E-state index contributed by atoms with van der Waals surface area (Å²) in [7, 11) is -0.832. The Morgan fingerprint density at radius 1 is 1.27 bits per heavy atom. The number of allylic oxidation sites excluding steroid dienone is 1. The van der Waals surface area contributed by atoms with E-state index in [1.165, 1.54) is 0 Å². The van der Waals surface area contributed by atoms with Crippen molar-refractivity contribution in [3.63, 3.8) is 0 Å². The zero-order valence-corrected chi connectivity index (χ0v) is 17.0. The average molecular weight is 394 g/mol. The standard InChI is InChI=1S/C21H28ClNO2S/c1-3-5-16-8-13-20(15-6-9-17(22)10-7-15)23(21(16)24)18(4-2)14-26(25)19-11-12-19/h3,6-7,9-10,16,18-20H,1,4-5,8,11-14H2,2H3/t16-,18?,20?,26?/m0/s1. The second-order valence-corrected chi connectivity index (χ2v) is 9.62. The van der Waals surface area contributed by atoms with E-state index in [1.54, 1.807) is 0 Å². The van der Waals surface area contributed by atoms with Crippen LogP contribution in [0.25, 0.3) is 0 Å². The van der Waals surface area contributed by atoms with Crippen molar-refractivity contribution in [1.82, 2.24) is 4.90 Å². The summed E-state index contributed by atoms with van der Waals surface area (Å²) in [4.78, 5) is 15.3. The molecule has 3 rings (SSSR count). The largest absolute Gasteiger partial charge is 0.332 e. The monoisotopic (exact) mass is 393 g/mol. The summed E-state index contributed by atoms with van der Waals surface area (Å²) in [6.45, 7) is 5.91. The van der Waals surface area contributed by atoms with Gasteiger partial charge in [0.25, 0.3) is 0 Å². The first-order valence-corrected chi connectivity index (χ1v) is 11.4. The van der Waals surface area contributed by atoms with Gasteiger partial charge in [-0.3, -0.25) is 9.00 Å². The van der Waals surface area contributed by atoms with E-state index in [9.17, 15) is 9.00 Å². The minimum atomic E-state index is -0.832. The lowest BCUT2D eigenvalue weighted by atomic mass is 9.85. The van der Waals surface area contributed by atoms with Crippen LogP contribution in [0.15, 0.2) is 36.9 Å². The lowest BCUT2D eigenvalue weighted by Crippen LogP contribution is -2.50. The number of amides is 1. The van der Waals surface area contributed by atoms with Crippen LogP contribution in [0.4, 0.5) is 0 Å². The molecule has 1 aliphatic carbocycles. The second kappa shape index (κ2) is 8.71. The first-order valence-electron chi connectivity index (χ1n) is 9.60. The van der Waals surface area contributed by atoms with Crippen LogP contribution in [0.3, 0.4) is 0 Å². The van der Waals surface area contributed by atoms with E-state index in [0.717, 1.165) is 37.7 Å². The normalized spacial score (nSPS) is 25.8. The highest BCUT2D eigenvalue weighted by Crippen LogP contribution is 2.39. The second-order valence-electron chi connectivity index (χ2n) is 7.42. The SMILES string of the molecule is C=CC[C@H]1CCC(c2ccc(Cl)cc2)N(C(CC)CS(=O)C2CC2)C1=O. The lowest BCUT2D eigenvalue weighted by molar-refractivity contribution is -0.144. The van der Waals surface area contributed by atoms with Crippen molar-refractivity contribution in [3.8, 4) is 0 Å². The number of hydrogen-bond acceptors (Lipinski definition) is 2. The minimum Gasteiger partial charge on any atom is -0.332 e. The molecule has 4 atom stereocenters. The Kier molecular flexibility index (Phi) is 6.57. The van der Waals surface area contributed by atoms with Crippen LogP contribution >= 0.6 is 11.6 Å². The molecule has 2 fully saturated rings. The highest BCUT2D eigenvalue weighted by Gasteiger charge is 2.40. The van der Waals surface area contributed by atoms with E-state index in [4.69, 9.17) is 11.6 Å².